The van der Waals surface area contributed by atoms with Crippen LogP contribution in [-0.2, 0) is 10.7 Å². The maximum absolute atomic E-state index is 7.81. The Morgan fingerprint density at radius 1 is 1.00 bits per heavy atom. The van der Waals surface area contributed by atoms with Gasteiger partial charge in [0.15, 0.2) is 0 Å². The summed E-state index contributed by atoms with van der Waals surface area (Å²) in [6.45, 7) is 0. The second-order valence-electron chi connectivity index (χ2n) is 5.44. The Bertz CT molecular complexity index is 973. The van der Waals surface area contributed by atoms with Crippen LogP contribution < -0.4 is 10.1 Å². The fourth-order valence-corrected chi connectivity index (χ4v) is 2.76. The number of nitrogens with one attached hydrogen (secondary N) is 2. The molecule has 0 fully saturated rings. The Kier molecular flexibility index (Phi) is 5.62. The summed E-state index contributed by atoms with van der Waals surface area (Å²) < 4.78 is 12.9. The quantitative estimate of drug-likeness (QED) is 0.688. The Balaban J connectivity index is 1.69. The van der Waals surface area contributed by atoms with Crippen LogP contribution >= 0.6 is 0 Å². The van der Waals surface area contributed by atoms with E-state index in [0.29, 0.717) is 5.95 Å². The summed E-state index contributed by atoms with van der Waals surface area (Å²) in [6.07, 6.45) is 5.24. The van der Waals surface area contributed by atoms with Crippen molar-refractivity contribution in [3.63, 3.8) is 0 Å². The highest BCUT2D eigenvalue weighted by Crippen LogP contribution is 2.16. The smallest absolute Gasteiger partial charge is 0.227 e. The van der Waals surface area contributed by atoms with Crippen molar-refractivity contribution in [1.82, 2.24) is 9.97 Å². The molecule has 2 aromatic carbocycles. The van der Waals surface area contributed by atoms with Crippen LogP contribution in [0.25, 0.3) is 0 Å². The molecule has 3 rings (SSSR count). The fourth-order valence-electron chi connectivity index (χ4n) is 2.17. The first-order valence-corrected chi connectivity index (χ1v) is 9.50. The Morgan fingerprint density at radius 2 is 1.69 bits per heavy atom. The van der Waals surface area contributed by atoms with Gasteiger partial charge in [0.1, 0.15) is 5.75 Å². The van der Waals surface area contributed by atoms with Crippen molar-refractivity contribution in [3.8, 4) is 17.6 Å². The number of hydrogen-bond donors (Lipinski definition) is 2. The van der Waals surface area contributed by atoms with Crippen LogP contribution in [0, 0.1) is 16.6 Å². The van der Waals surface area contributed by atoms with Gasteiger partial charge in [0.05, 0.1) is 12.7 Å². The molecule has 1 atom stereocenters. The fraction of sp³-hybridized carbons (Fsp3) is 0.100. The predicted octanol–water partition coefficient (Wildman–Crippen LogP) is 4.00. The molecular weight excluding hydrogens is 344 g/mol. The first kappa shape index (κ1) is 17.6. The average molecular weight is 362 g/mol. The summed E-state index contributed by atoms with van der Waals surface area (Å²) in [4.78, 5) is 9.57. The van der Waals surface area contributed by atoms with Crippen LogP contribution in [-0.4, -0.2) is 23.3 Å². The third kappa shape index (κ3) is 4.68. The van der Waals surface area contributed by atoms with Gasteiger partial charge >= 0.3 is 0 Å². The first-order valence-electron chi connectivity index (χ1n) is 7.86. The lowest BCUT2D eigenvalue weighted by Gasteiger charge is -2.06. The average Bonchev–Trinajstić information content (AvgIpc) is 2.68. The van der Waals surface area contributed by atoms with E-state index in [1.54, 1.807) is 19.5 Å². The highest BCUT2D eigenvalue weighted by Gasteiger charge is 2.00. The van der Waals surface area contributed by atoms with Gasteiger partial charge in [0, 0.05) is 28.5 Å². The van der Waals surface area contributed by atoms with E-state index >= 15 is 0 Å². The molecule has 1 heterocycles. The molecule has 0 bridgehead atoms. The molecule has 0 aliphatic carbocycles. The Morgan fingerprint density at radius 3 is 2.35 bits per heavy atom. The van der Waals surface area contributed by atoms with Crippen LogP contribution in [0.15, 0.2) is 65.8 Å². The highest BCUT2D eigenvalue weighted by molar-refractivity contribution is 7.85. The summed E-state index contributed by atoms with van der Waals surface area (Å²) in [6, 6.07) is 15.3. The van der Waals surface area contributed by atoms with E-state index < -0.39 is 10.7 Å². The van der Waals surface area contributed by atoms with E-state index in [9.17, 15) is 0 Å². The molecule has 0 amide bonds. The Labute approximate surface area is 155 Å². The molecule has 0 radical (unpaired) electrons. The third-order valence-electron chi connectivity index (χ3n) is 3.54. The molecule has 26 heavy (non-hydrogen) atoms. The minimum Gasteiger partial charge on any atom is -0.497 e. The first-order chi connectivity index (χ1) is 12.6. The molecule has 3 aromatic rings. The van der Waals surface area contributed by atoms with Gasteiger partial charge < -0.3 is 10.1 Å². The standard InChI is InChI=1S/C20H18N4OS/c1-25-18-10-8-15(9-11-18)6-7-16-13-22-20(23-14-16)24-17-4-3-5-19(12-17)26(2)21/h3-5,8-14,21H,1-2H3,(H,22,23,24). The van der Waals surface area contributed by atoms with Crippen molar-refractivity contribution >= 4 is 22.3 Å². The number of ether oxygens (including phenoxy) is 1. The van der Waals surface area contributed by atoms with Gasteiger partial charge in [0.2, 0.25) is 5.95 Å². The maximum Gasteiger partial charge on any atom is 0.227 e. The van der Waals surface area contributed by atoms with Gasteiger partial charge in [-0.15, -0.1) is 0 Å². The van der Waals surface area contributed by atoms with Gasteiger partial charge in [-0.2, -0.15) is 0 Å². The molecule has 130 valence electrons. The van der Waals surface area contributed by atoms with Crippen molar-refractivity contribution in [2.45, 2.75) is 4.90 Å². The molecule has 0 saturated heterocycles. The van der Waals surface area contributed by atoms with Crippen molar-refractivity contribution in [3.05, 3.63) is 72.1 Å². The molecule has 0 spiro atoms. The van der Waals surface area contributed by atoms with E-state index in [4.69, 9.17) is 9.52 Å². The van der Waals surface area contributed by atoms with Crippen LogP contribution in [0.1, 0.15) is 11.1 Å². The molecule has 0 aliphatic rings. The van der Waals surface area contributed by atoms with Crippen LogP contribution in [0.3, 0.4) is 0 Å². The van der Waals surface area contributed by atoms with Crippen molar-refractivity contribution in [2.24, 2.45) is 0 Å². The van der Waals surface area contributed by atoms with Gasteiger partial charge in [-0.1, -0.05) is 28.6 Å². The number of anilines is 2. The Hall–Kier alpha value is -3.17. The molecule has 1 unspecified atom stereocenters. The molecule has 0 saturated carbocycles. The number of nitrogens with zero attached hydrogens (tertiary/aromatic N) is 2. The summed E-state index contributed by atoms with van der Waals surface area (Å²) >= 11 is 0. The van der Waals surface area contributed by atoms with Crippen LogP contribution in [0.5, 0.6) is 5.75 Å². The normalized spacial score (nSPS) is 11.2. The lowest BCUT2D eigenvalue weighted by Crippen LogP contribution is -1.98. The van der Waals surface area contributed by atoms with Crippen molar-refractivity contribution < 1.29 is 4.74 Å². The summed E-state index contributed by atoms with van der Waals surface area (Å²) in [5.41, 5.74) is 2.50. The van der Waals surface area contributed by atoms with Crippen molar-refractivity contribution in [2.75, 3.05) is 18.7 Å². The topological polar surface area (TPSA) is 70.9 Å². The van der Waals surface area contributed by atoms with E-state index in [-0.39, 0.29) is 0 Å². The maximum atomic E-state index is 7.81. The monoisotopic (exact) mass is 362 g/mol. The zero-order valence-electron chi connectivity index (χ0n) is 14.5. The molecule has 1 aromatic heterocycles. The molecule has 2 N–H and O–H groups in total. The van der Waals surface area contributed by atoms with E-state index in [0.717, 1.165) is 27.5 Å². The number of aromatic nitrogens is 2. The third-order valence-corrected chi connectivity index (χ3v) is 4.50. The van der Waals surface area contributed by atoms with Crippen molar-refractivity contribution in [1.29, 1.82) is 4.78 Å². The molecule has 6 heteroatoms. The van der Waals surface area contributed by atoms with E-state index in [1.807, 2.05) is 54.8 Å². The van der Waals surface area contributed by atoms with Gasteiger partial charge in [-0.05, 0) is 48.7 Å². The van der Waals surface area contributed by atoms with E-state index in [1.165, 1.54) is 0 Å². The summed E-state index contributed by atoms with van der Waals surface area (Å²) in [5.74, 6) is 7.42. The van der Waals surface area contributed by atoms with Gasteiger partial charge in [-0.25, -0.2) is 9.97 Å². The zero-order chi connectivity index (χ0) is 18.4. The van der Waals surface area contributed by atoms with Gasteiger partial charge in [0.25, 0.3) is 0 Å². The lowest BCUT2D eigenvalue weighted by atomic mass is 10.2. The summed E-state index contributed by atoms with van der Waals surface area (Å²) in [7, 11) is 1.11. The predicted molar refractivity (Wildman–Crippen MR) is 105 cm³/mol. The number of hydrogen-bond acceptors (Lipinski definition) is 5. The van der Waals surface area contributed by atoms with E-state index in [2.05, 4.69) is 27.1 Å². The molecule has 0 aliphatic heterocycles. The minimum absolute atomic E-state index is 0.498. The number of benzene rings is 2. The largest absolute Gasteiger partial charge is 0.497 e. The summed E-state index contributed by atoms with van der Waals surface area (Å²) in [5, 5.41) is 3.15. The van der Waals surface area contributed by atoms with Gasteiger partial charge in [-0.3, -0.25) is 4.78 Å². The lowest BCUT2D eigenvalue weighted by molar-refractivity contribution is 0.415. The minimum atomic E-state index is -0.531. The highest BCUT2D eigenvalue weighted by atomic mass is 32.2. The zero-order valence-corrected chi connectivity index (χ0v) is 15.3. The number of rotatable bonds is 4. The second-order valence-corrected chi connectivity index (χ2v) is 6.93. The SMILES string of the molecule is COc1ccc(C#Cc2cnc(Nc3cccc(S(C)=N)c3)nc2)cc1. The van der Waals surface area contributed by atoms with Crippen LogP contribution in [0.2, 0.25) is 0 Å². The number of methoxy groups -OCH3 is 1. The molecule has 5 nitrogen and oxygen atoms in total. The second kappa shape index (κ2) is 8.28. The molecular formula is C20H18N4OS. The van der Waals surface area contributed by atoms with Crippen LogP contribution in [0.4, 0.5) is 11.6 Å².